The molecule has 1 heterocycles. The van der Waals surface area contributed by atoms with Crippen LogP contribution in [0.15, 0.2) is 72.3 Å². The summed E-state index contributed by atoms with van der Waals surface area (Å²) in [6.45, 7) is -0.127. The summed E-state index contributed by atoms with van der Waals surface area (Å²) in [6.07, 6.45) is 21.6. The molecule has 22 atom stereocenters. The highest BCUT2D eigenvalue weighted by atomic mass is 16.5. The van der Waals surface area contributed by atoms with Crippen molar-refractivity contribution in [2.24, 2.45) is 92.7 Å². The second-order valence-electron chi connectivity index (χ2n) is 29.4. The van der Waals surface area contributed by atoms with Crippen molar-refractivity contribution in [2.75, 3.05) is 7.05 Å². The third kappa shape index (κ3) is 6.85. The van der Waals surface area contributed by atoms with Gasteiger partial charge in [-0.3, -0.25) is 0 Å². The van der Waals surface area contributed by atoms with Gasteiger partial charge in [0.1, 0.15) is 23.6 Å². The maximum atomic E-state index is 15.6. The number of aliphatic hydroxyl groups excluding tert-OH is 3. The number of likely N-dealkylation sites (N-methyl/N-ethyl adjacent to an activating group) is 1. The number of rotatable bonds is 5. The Labute approximate surface area is 468 Å². The standard InChI is InChI=1S/C69H87NO9/c1-70-56-33-49-42(15-9-17-46(49)36-71)21-26-63(24-7-8-25-63)37-65-28-23-57-66(39-72)38-64(27-22-45-29-43(19-20-53(45)64)40-11-3-2-4-12-40)61(74)54-31-44-16-10-18-48(41-13-5-6-14-41)50(44)32-55(68(54,66)77)62(75)69(57,78)67(65,76)35-47-30-51(56)60-52(59(47)65)34-58(73)79-60/h2-4,9-12,15-17,34,39,41,43-45,47-48,50-51,53-57,59-62,70-71,74-78H,5-8,13-14,18-20,22-25,27-33,35-38H2,1H3. The Morgan fingerprint density at radius 1 is 0.759 bits per heavy atom. The highest BCUT2D eigenvalue weighted by Gasteiger charge is 2.87. The first-order valence-corrected chi connectivity index (χ1v) is 31.8. The van der Waals surface area contributed by atoms with Gasteiger partial charge in [0, 0.05) is 57.6 Å². The summed E-state index contributed by atoms with van der Waals surface area (Å²) in [5.41, 5.74) is -5.16. The third-order valence-electron chi connectivity index (χ3n) is 27.2. The van der Waals surface area contributed by atoms with Gasteiger partial charge in [-0.1, -0.05) is 105 Å². The lowest BCUT2D eigenvalue weighted by Crippen LogP contribution is -2.86. The zero-order valence-electron chi connectivity index (χ0n) is 46.6. The minimum Gasteiger partial charge on any atom is -0.454 e. The van der Waals surface area contributed by atoms with Crippen molar-refractivity contribution in [1.82, 2.24) is 5.32 Å². The van der Waals surface area contributed by atoms with Crippen LogP contribution in [0.3, 0.4) is 0 Å². The molecule has 2 aromatic rings. The van der Waals surface area contributed by atoms with Crippen LogP contribution in [0.1, 0.15) is 169 Å². The summed E-state index contributed by atoms with van der Waals surface area (Å²) >= 11 is 0. The highest BCUT2D eigenvalue weighted by Crippen LogP contribution is 2.81. The molecule has 0 radical (unpaired) electrons. The SMILES string of the molecule is CNC1Cc2c(cccc2CO)C#CC2(CCCC2)CC23CCC4C5(C=O)CC6(CCC7CC(c8ccccc8)CCC76)C(O)C6CC7C=CCC(C8CCCC8)C7CC(C(O)C4(O)C2(O)CC2CC1C1OC(=O)C=C1C23)C65O. The molecule has 79 heavy (non-hydrogen) atoms. The van der Waals surface area contributed by atoms with Crippen LogP contribution >= 0.6 is 0 Å². The number of aldehydes is 1. The van der Waals surface area contributed by atoms with Crippen molar-refractivity contribution < 1.29 is 45.0 Å². The molecule has 0 amide bonds. The predicted octanol–water partition coefficient (Wildman–Crippen LogP) is 9.05. The molecule has 3 spiro atoms. The molecule has 10 fully saturated rings. The molecule has 1 aliphatic heterocycles. The number of carbonyl (C=O) groups excluding carboxylic acids is 2. The zero-order valence-corrected chi connectivity index (χ0v) is 46.6. The number of allylic oxidation sites excluding steroid dienone is 2. The number of carbonyl (C=O) groups is 2. The number of esters is 1. The molecule has 16 rings (SSSR count). The normalized spacial score (nSPS) is 49.7. The Bertz CT molecular complexity index is 2900. The number of fused-ring (bicyclic) bond motifs is 7. The Morgan fingerprint density at radius 2 is 1.56 bits per heavy atom. The summed E-state index contributed by atoms with van der Waals surface area (Å²) in [5, 5.41) is 87.8. The fourth-order valence-corrected chi connectivity index (χ4v) is 24.4. The van der Waals surface area contributed by atoms with Crippen molar-refractivity contribution in [1.29, 1.82) is 0 Å². The lowest BCUT2D eigenvalue weighted by atomic mass is 9.32. The van der Waals surface area contributed by atoms with Crippen LogP contribution in [0.5, 0.6) is 0 Å². The number of benzene rings is 2. The van der Waals surface area contributed by atoms with Gasteiger partial charge in [0.25, 0.3) is 0 Å². The second kappa shape index (κ2) is 18.4. The molecule has 0 aromatic heterocycles. The Hall–Kier alpha value is -3.66. The molecule has 2 aromatic carbocycles. The van der Waals surface area contributed by atoms with E-state index in [-0.39, 0.29) is 67.4 Å². The van der Waals surface area contributed by atoms with Crippen LogP contribution in [-0.4, -0.2) is 91.1 Å². The average Bonchev–Trinajstić information content (AvgIpc) is 1.78. The molecule has 14 aliphatic rings. The Morgan fingerprint density at radius 3 is 2.33 bits per heavy atom. The molecule has 7 N–H and O–H groups in total. The molecule has 10 nitrogen and oxygen atoms in total. The minimum atomic E-state index is -2.26. The predicted molar refractivity (Wildman–Crippen MR) is 298 cm³/mol. The summed E-state index contributed by atoms with van der Waals surface area (Å²) in [4.78, 5) is 29.7. The van der Waals surface area contributed by atoms with E-state index < -0.39 is 80.5 Å². The fraction of sp³-hybridized carbons (Fsp3) is 0.710. The number of aliphatic hydroxyl groups is 6. The quantitative estimate of drug-likeness (QED) is 0.0662. The maximum absolute atomic E-state index is 15.6. The van der Waals surface area contributed by atoms with Crippen LogP contribution in [0.25, 0.3) is 0 Å². The van der Waals surface area contributed by atoms with Crippen molar-refractivity contribution >= 4 is 12.3 Å². The number of ether oxygens (including phenoxy) is 1. The average molecular weight is 1070 g/mol. The first kappa shape index (κ1) is 52.2. The fourth-order valence-electron chi connectivity index (χ4n) is 24.4. The van der Waals surface area contributed by atoms with Gasteiger partial charge in [-0.15, -0.1) is 0 Å². The number of hydrogen-bond acceptors (Lipinski definition) is 10. The number of hydrogen-bond donors (Lipinski definition) is 7. The van der Waals surface area contributed by atoms with Gasteiger partial charge in [0.05, 0.1) is 29.8 Å². The van der Waals surface area contributed by atoms with E-state index in [1.807, 2.05) is 19.2 Å². The van der Waals surface area contributed by atoms with Crippen LogP contribution in [0.4, 0.5) is 0 Å². The topological polar surface area (TPSA) is 177 Å². The van der Waals surface area contributed by atoms with Gasteiger partial charge >= 0.3 is 5.97 Å². The van der Waals surface area contributed by atoms with E-state index in [0.717, 1.165) is 106 Å². The molecular weight excluding hydrogens is 987 g/mol. The maximum Gasteiger partial charge on any atom is 0.331 e. The molecule has 4 bridgehead atoms. The van der Waals surface area contributed by atoms with Crippen molar-refractivity contribution in [3.05, 3.63) is 94.6 Å². The van der Waals surface area contributed by atoms with E-state index in [0.29, 0.717) is 62.2 Å². The smallest absolute Gasteiger partial charge is 0.331 e. The Balaban J connectivity index is 0.928. The minimum absolute atomic E-state index is 0.0262. The zero-order chi connectivity index (χ0) is 54.1. The molecule has 0 saturated heterocycles. The second-order valence-corrected chi connectivity index (χ2v) is 29.4. The Kier molecular flexibility index (Phi) is 12.2. The lowest BCUT2D eigenvalue weighted by Gasteiger charge is -2.75. The largest absolute Gasteiger partial charge is 0.454 e. The molecule has 22 unspecified atom stereocenters. The first-order valence-electron chi connectivity index (χ1n) is 31.8. The van der Waals surface area contributed by atoms with Crippen molar-refractivity contribution in [2.45, 2.75) is 201 Å². The van der Waals surface area contributed by atoms with E-state index in [1.54, 1.807) is 6.08 Å². The molecular formula is C69H87NO9. The van der Waals surface area contributed by atoms with E-state index >= 15 is 15.0 Å². The summed E-state index contributed by atoms with van der Waals surface area (Å²) < 4.78 is 6.49. The van der Waals surface area contributed by atoms with Gasteiger partial charge in [-0.25, -0.2) is 4.79 Å². The van der Waals surface area contributed by atoms with Gasteiger partial charge in [-0.2, -0.15) is 0 Å². The molecule has 13 aliphatic carbocycles. The lowest BCUT2D eigenvalue weighted by molar-refractivity contribution is -0.386. The van der Waals surface area contributed by atoms with E-state index in [4.69, 9.17) is 4.74 Å². The van der Waals surface area contributed by atoms with Crippen LogP contribution in [0.2, 0.25) is 0 Å². The first-order chi connectivity index (χ1) is 38.2. The van der Waals surface area contributed by atoms with Crippen molar-refractivity contribution in [3.8, 4) is 11.8 Å². The summed E-state index contributed by atoms with van der Waals surface area (Å²) in [5.74, 6) is 5.46. The summed E-state index contributed by atoms with van der Waals surface area (Å²) in [7, 11) is 1.95. The highest BCUT2D eigenvalue weighted by molar-refractivity contribution is 5.86. The van der Waals surface area contributed by atoms with Gasteiger partial charge in [-0.05, 0) is 198 Å². The van der Waals surface area contributed by atoms with E-state index in [2.05, 4.69) is 65.7 Å². The van der Waals surface area contributed by atoms with Gasteiger partial charge < -0.3 is 45.5 Å². The molecule has 10 heteroatoms. The van der Waals surface area contributed by atoms with Crippen LogP contribution in [0, 0.1) is 105 Å². The van der Waals surface area contributed by atoms with E-state index in [9.17, 15) is 25.2 Å². The van der Waals surface area contributed by atoms with Gasteiger partial charge in [0.2, 0.25) is 0 Å². The number of nitrogens with one attached hydrogen (secondary N) is 1. The van der Waals surface area contributed by atoms with E-state index in [1.165, 1.54) is 18.4 Å². The summed E-state index contributed by atoms with van der Waals surface area (Å²) in [6, 6.07) is 16.7. The monoisotopic (exact) mass is 1070 g/mol. The van der Waals surface area contributed by atoms with Gasteiger partial charge in [0.15, 0.2) is 0 Å². The van der Waals surface area contributed by atoms with Crippen LogP contribution in [-0.2, 0) is 27.4 Å². The molecule has 422 valence electrons. The molecule has 10 saturated carbocycles. The third-order valence-corrected chi connectivity index (χ3v) is 27.2. The van der Waals surface area contributed by atoms with Crippen LogP contribution < -0.4 is 5.32 Å². The van der Waals surface area contributed by atoms with Crippen molar-refractivity contribution in [3.63, 3.8) is 0 Å².